The third kappa shape index (κ3) is 1.44. The van der Waals surface area contributed by atoms with E-state index in [0.29, 0.717) is 12.0 Å². The van der Waals surface area contributed by atoms with Crippen LogP contribution >= 0.6 is 0 Å². The molecular formula is C15H20BN2O+. The Balaban J connectivity index is 1.89. The molecule has 2 aliphatic heterocycles. The zero-order valence-electron chi connectivity index (χ0n) is 11.9. The predicted molar refractivity (Wildman–Crippen MR) is 76.0 cm³/mol. The van der Waals surface area contributed by atoms with Crippen LogP contribution in [0.4, 0.5) is 0 Å². The molecule has 2 fully saturated rings. The largest absolute Gasteiger partial charge is 0.694 e. The molecule has 3 nitrogen and oxygen atoms in total. The quantitative estimate of drug-likeness (QED) is 0.658. The van der Waals surface area contributed by atoms with Gasteiger partial charge in [0.2, 0.25) is 0 Å². The first-order valence-corrected chi connectivity index (χ1v) is 7.33. The standard InChI is InChI=1S/C15H20BN2O/c1-10-11-7-8-17-9-13(11)16-18(10)14-6-4-5-12(14)15(2,3)19-16/h7-9,12,14H,4-6H2,1-3H3/q+1/t12-,14+/m0/s1. The van der Waals surface area contributed by atoms with Gasteiger partial charge >= 0.3 is 7.05 Å². The lowest BCUT2D eigenvalue weighted by Gasteiger charge is -2.40. The highest BCUT2D eigenvalue weighted by atomic mass is 16.5. The summed E-state index contributed by atoms with van der Waals surface area (Å²) in [4.78, 5) is 4.30. The highest BCUT2D eigenvalue weighted by Crippen LogP contribution is 2.43. The lowest BCUT2D eigenvalue weighted by Crippen LogP contribution is -2.61. The van der Waals surface area contributed by atoms with E-state index in [0.717, 1.165) is 0 Å². The summed E-state index contributed by atoms with van der Waals surface area (Å²) < 4.78 is 9.00. The molecule has 2 atom stereocenters. The second-order valence-electron chi connectivity index (χ2n) is 6.63. The number of pyridine rings is 1. The summed E-state index contributed by atoms with van der Waals surface area (Å²) in [6.07, 6.45) is 7.79. The van der Waals surface area contributed by atoms with Crippen molar-refractivity contribution in [1.82, 2.24) is 4.98 Å². The van der Waals surface area contributed by atoms with Crippen molar-refractivity contribution in [2.75, 3.05) is 0 Å². The molecule has 4 heteroatoms. The van der Waals surface area contributed by atoms with Crippen molar-refractivity contribution >= 4 is 18.2 Å². The number of fused-ring (bicyclic) bond motifs is 5. The summed E-state index contributed by atoms with van der Waals surface area (Å²) in [7, 11) is 0.0815. The molecule has 1 aliphatic carbocycles. The maximum atomic E-state index is 6.47. The fourth-order valence-corrected chi connectivity index (χ4v) is 4.40. The highest BCUT2D eigenvalue weighted by molar-refractivity contribution is 6.64. The third-order valence-electron chi connectivity index (χ3n) is 5.29. The topological polar surface area (TPSA) is 25.1 Å². The first kappa shape index (κ1) is 11.7. The molecule has 1 aromatic heterocycles. The van der Waals surface area contributed by atoms with Crippen molar-refractivity contribution < 1.29 is 9.14 Å². The van der Waals surface area contributed by atoms with E-state index in [9.17, 15) is 0 Å². The fourth-order valence-electron chi connectivity index (χ4n) is 4.40. The van der Waals surface area contributed by atoms with Gasteiger partial charge in [-0.3, -0.25) is 9.47 Å². The minimum absolute atomic E-state index is 0.0277. The van der Waals surface area contributed by atoms with Crippen molar-refractivity contribution in [3.8, 4) is 0 Å². The van der Waals surface area contributed by atoms with Crippen LogP contribution in [0.25, 0.3) is 0 Å². The molecule has 98 valence electrons. The van der Waals surface area contributed by atoms with Crippen LogP contribution in [0.5, 0.6) is 0 Å². The molecule has 3 heterocycles. The molecule has 0 amide bonds. The molecule has 0 spiro atoms. The van der Waals surface area contributed by atoms with E-state index >= 15 is 0 Å². The molecule has 0 aromatic carbocycles. The van der Waals surface area contributed by atoms with Gasteiger partial charge in [-0.15, -0.1) is 0 Å². The van der Waals surface area contributed by atoms with E-state index < -0.39 is 0 Å². The SMILES string of the molecule is CC1=[N+]2B(OC(C)(C)[C@H]3CCC[C@H]32)c2cnccc21. The number of hydrogen-bond donors (Lipinski definition) is 0. The monoisotopic (exact) mass is 255 g/mol. The average molecular weight is 255 g/mol. The van der Waals surface area contributed by atoms with E-state index in [1.807, 2.05) is 12.4 Å². The van der Waals surface area contributed by atoms with Crippen LogP contribution in [-0.4, -0.2) is 33.9 Å². The second kappa shape index (κ2) is 3.69. The molecule has 0 radical (unpaired) electrons. The number of rotatable bonds is 0. The summed E-state index contributed by atoms with van der Waals surface area (Å²) in [5.74, 6) is 0.654. The maximum Gasteiger partial charge on any atom is 0.694 e. The van der Waals surface area contributed by atoms with Crippen molar-refractivity contribution in [1.29, 1.82) is 0 Å². The van der Waals surface area contributed by atoms with Gasteiger partial charge in [0, 0.05) is 37.2 Å². The van der Waals surface area contributed by atoms with E-state index in [1.54, 1.807) is 0 Å². The Morgan fingerprint density at radius 2 is 2.26 bits per heavy atom. The van der Waals surface area contributed by atoms with Crippen LogP contribution in [-0.2, 0) is 4.65 Å². The lowest BCUT2D eigenvalue weighted by molar-refractivity contribution is -0.482. The Morgan fingerprint density at radius 1 is 1.42 bits per heavy atom. The molecule has 0 unspecified atom stereocenters. The van der Waals surface area contributed by atoms with Crippen LogP contribution in [0, 0.1) is 5.92 Å². The van der Waals surface area contributed by atoms with Crippen molar-refractivity contribution in [3.63, 3.8) is 0 Å². The van der Waals surface area contributed by atoms with Gasteiger partial charge in [-0.1, -0.05) is 0 Å². The van der Waals surface area contributed by atoms with Crippen LogP contribution in [0.3, 0.4) is 0 Å². The van der Waals surface area contributed by atoms with Gasteiger partial charge in [0.05, 0.1) is 11.1 Å². The number of nitrogens with zero attached hydrogens (tertiary/aromatic N) is 2. The Labute approximate surface area is 114 Å². The maximum absolute atomic E-state index is 6.47. The zero-order valence-corrected chi connectivity index (χ0v) is 11.9. The summed E-state index contributed by atoms with van der Waals surface area (Å²) >= 11 is 0. The van der Waals surface area contributed by atoms with Crippen molar-refractivity contribution in [2.24, 2.45) is 5.92 Å². The molecule has 19 heavy (non-hydrogen) atoms. The first-order chi connectivity index (χ1) is 9.09. The van der Waals surface area contributed by atoms with Crippen molar-refractivity contribution in [2.45, 2.75) is 51.7 Å². The van der Waals surface area contributed by atoms with Gasteiger partial charge in [-0.05, 0) is 32.8 Å². The van der Waals surface area contributed by atoms with Crippen LogP contribution in [0.2, 0.25) is 0 Å². The molecule has 3 aliphatic rings. The van der Waals surface area contributed by atoms with Crippen LogP contribution in [0.1, 0.15) is 45.6 Å². The van der Waals surface area contributed by atoms with E-state index in [2.05, 4.69) is 36.3 Å². The van der Waals surface area contributed by atoms with Gasteiger partial charge < -0.3 is 4.65 Å². The summed E-state index contributed by atoms with van der Waals surface area (Å²) in [6.45, 7) is 6.75. The lowest BCUT2D eigenvalue weighted by atomic mass is 9.67. The minimum Gasteiger partial charge on any atom is -0.364 e. The minimum atomic E-state index is -0.0277. The second-order valence-corrected chi connectivity index (χ2v) is 6.63. The van der Waals surface area contributed by atoms with Crippen LogP contribution < -0.4 is 5.46 Å². The Hall–Kier alpha value is -1.16. The molecule has 1 aromatic rings. The Morgan fingerprint density at radius 3 is 3.11 bits per heavy atom. The van der Waals surface area contributed by atoms with Crippen molar-refractivity contribution in [3.05, 3.63) is 24.0 Å². The van der Waals surface area contributed by atoms with Gasteiger partial charge in [0.1, 0.15) is 6.04 Å². The molecule has 1 saturated carbocycles. The van der Waals surface area contributed by atoms with Gasteiger partial charge in [-0.2, -0.15) is 0 Å². The summed E-state index contributed by atoms with van der Waals surface area (Å²) in [6, 6.07) is 2.77. The van der Waals surface area contributed by atoms with E-state index in [-0.39, 0.29) is 12.7 Å². The molecular weight excluding hydrogens is 235 g/mol. The van der Waals surface area contributed by atoms with Gasteiger partial charge in [0.25, 0.3) is 0 Å². The summed E-state index contributed by atoms with van der Waals surface area (Å²) in [5.41, 5.74) is 3.91. The number of aromatic nitrogens is 1. The Kier molecular flexibility index (Phi) is 2.26. The predicted octanol–water partition coefficient (Wildman–Crippen LogP) is 1.59. The zero-order chi connectivity index (χ0) is 13.2. The molecule has 4 rings (SSSR count). The molecule has 1 saturated heterocycles. The fraction of sp³-hybridized carbons (Fsp3) is 0.600. The highest BCUT2D eigenvalue weighted by Gasteiger charge is 2.61. The molecule has 0 bridgehead atoms. The molecule has 0 N–H and O–H groups in total. The van der Waals surface area contributed by atoms with Crippen LogP contribution in [0.15, 0.2) is 18.5 Å². The van der Waals surface area contributed by atoms with E-state index in [1.165, 1.54) is 36.0 Å². The Bertz CT molecular complexity index is 581. The van der Waals surface area contributed by atoms with E-state index in [4.69, 9.17) is 4.65 Å². The van der Waals surface area contributed by atoms with Gasteiger partial charge in [0.15, 0.2) is 5.71 Å². The van der Waals surface area contributed by atoms with Gasteiger partial charge in [-0.25, -0.2) is 0 Å². The average Bonchev–Trinajstić information content (AvgIpc) is 2.95. The summed E-state index contributed by atoms with van der Waals surface area (Å²) in [5, 5.41) is 0. The number of hydrogen-bond acceptors (Lipinski definition) is 2. The normalized spacial score (nSPS) is 31.2. The first-order valence-electron chi connectivity index (χ1n) is 7.33. The smallest absolute Gasteiger partial charge is 0.364 e. The third-order valence-corrected chi connectivity index (χ3v) is 5.29.